The summed E-state index contributed by atoms with van der Waals surface area (Å²) in [5.41, 5.74) is 0.922. The summed E-state index contributed by atoms with van der Waals surface area (Å²) in [7, 11) is 0. The largest absolute Gasteiger partial charge is 0.506 e. The summed E-state index contributed by atoms with van der Waals surface area (Å²) in [4.78, 5) is 5.38. The number of nitrogens with one attached hydrogen (secondary N) is 1. The summed E-state index contributed by atoms with van der Waals surface area (Å²) in [6.45, 7) is 1.52. The third-order valence-corrected chi connectivity index (χ3v) is 4.02. The van der Waals surface area contributed by atoms with E-state index >= 15 is 0 Å². The van der Waals surface area contributed by atoms with Gasteiger partial charge in [0.05, 0.1) is 11.9 Å². The predicted octanol–water partition coefficient (Wildman–Crippen LogP) is 2.90. The number of aromatic hydroxyl groups is 1. The molecule has 84 valence electrons. The van der Waals surface area contributed by atoms with Gasteiger partial charge in [-0.3, -0.25) is 4.98 Å². The molecule has 0 aliphatic rings. The van der Waals surface area contributed by atoms with E-state index in [9.17, 15) is 0 Å². The molecule has 2 N–H and O–H groups in total. The normalized spacial score (nSPS) is 10.6. The van der Waals surface area contributed by atoms with E-state index in [0.29, 0.717) is 6.54 Å². The van der Waals surface area contributed by atoms with Crippen LogP contribution in [0, 0.1) is 0 Å². The second-order valence-electron chi connectivity index (χ2n) is 3.30. The molecule has 0 fully saturated rings. The van der Waals surface area contributed by atoms with Crippen LogP contribution >= 0.6 is 27.3 Å². The Kier molecular flexibility index (Phi) is 3.93. The lowest BCUT2D eigenvalue weighted by Crippen LogP contribution is -2.12. The van der Waals surface area contributed by atoms with Gasteiger partial charge in [-0.2, -0.15) is 0 Å². The fourth-order valence-corrected chi connectivity index (χ4v) is 2.74. The summed E-state index contributed by atoms with van der Waals surface area (Å²) in [5, 5.41) is 14.4. The molecule has 0 saturated carbocycles. The molecular weight excluding hydrogens is 288 g/mol. The van der Waals surface area contributed by atoms with Gasteiger partial charge in [-0.15, -0.1) is 11.3 Å². The van der Waals surface area contributed by atoms with Crippen molar-refractivity contribution in [1.29, 1.82) is 0 Å². The molecule has 0 amide bonds. The van der Waals surface area contributed by atoms with E-state index < -0.39 is 0 Å². The van der Waals surface area contributed by atoms with Crippen molar-refractivity contribution in [3.8, 4) is 5.75 Å². The molecule has 0 spiro atoms. The van der Waals surface area contributed by atoms with Crippen molar-refractivity contribution >= 4 is 27.3 Å². The van der Waals surface area contributed by atoms with E-state index in [1.807, 2.05) is 12.1 Å². The van der Waals surface area contributed by atoms with Gasteiger partial charge in [0.1, 0.15) is 5.75 Å². The molecule has 0 aromatic carbocycles. The molecule has 16 heavy (non-hydrogen) atoms. The van der Waals surface area contributed by atoms with Crippen molar-refractivity contribution < 1.29 is 5.11 Å². The zero-order chi connectivity index (χ0) is 11.4. The Morgan fingerprint density at radius 3 is 2.81 bits per heavy atom. The van der Waals surface area contributed by atoms with Gasteiger partial charge in [0.25, 0.3) is 0 Å². The highest BCUT2D eigenvalue weighted by molar-refractivity contribution is 9.10. The topological polar surface area (TPSA) is 45.1 Å². The molecule has 0 aliphatic heterocycles. The number of hydrogen-bond donors (Lipinski definition) is 2. The average Bonchev–Trinajstić information content (AvgIpc) is 2.68. The van der Waals surface area contributed by atoms with Crippen molar-refractivity contribution in [3.63, 3.8) is 0 Å². The van der Waals surface area contributed by atoms with Crippen LogP contribution in [0.4, 0.5) is 0 Å². The van der Waals surface area contributed by atoms with Crippen molar-refractivity contribution in [1.82, 2.24) is 10.3 Å². The minimum atomic E-state index is 0.199. The molecule has 3 nitrogen and oxygen atoms in total. The number of rotatable bonds is 4. The fraction of sp³-hybridized carbons (Fsp3) is 0.182. The molecule has 2 aromatic rings. The van der Waals surface area contributed by atoms with Crippen LogP contribution in [0.3, 0.4) is 0 Å². The van der Waals surface area contributed by atoms with E-state index in [0.717, 1.165) is 16.7 Å². The Hall–Kier alpha value is -0.910. The SMILES string of the molecule is Oc1ccc(CNCc2sccc2Br)nc1. The van der Waals surface area contributed by atoms with Crippen LogP contribution in [0.1, 0.15) is 10.6 Å². The van der Waals surface area contributed by atoms with Crippen LogP contribution in [0.2, 0.25) is 0 Å². The molecule has 5 heteroatoms. The summed E-state index contributed by atoms with van der Waals surface area (Å²) >= 11 is 5.20. The smallest absolute Gasteiger partial charge is 0.133 e. The molecule has 0 saturated heterocycles. The average molecular weight is 299 g/mol. The maximum absolute atomic E-state index is 9.08. The van der Waals surface area contributed by atoms with Crippen molar-refractivity contribution in [2.24, 2.45) is 0 Å². The van der Waals surface area contributed by atoms with Crippen molar-refractivity contribution in [3.05, 3.63) is 44.8 Å². The number of pyridine rings is 1. The van der Waals surface area contributed by atoms with Gasteiger partial charge in [-0.25, -0.2) is 0 Å². The molecule has 2 rings (SSSR count). The quantitative estimate of drug-likeness (QED) is 0.912. The van der Waals surface area contributed by atoms with Crippen LogP contribution in [0.5, 0.6) is 5.75 Å². The molecule has 0 bridgehead atoms. The van der Waals surface area contributed by atoms with Crippen LogP contribution in [0.25, 0.3) is 0 Å². The van der Waals surface area contributed by atoms with Crippen LogP contribution < -0.4 is 5.32 Å². The lowest BCUT2D eigenvalue weighted by atomic mass is 10.3. The Morgan fingerprint density at radius 2 is 2.19 bits per heavy atom. The van der Waals surface area contributed by atoms with Crippen LogP contribution in [0.15, 0.2) is 34.2 Å². The monoisotopic (exact) mass is 298 g/mol. The summed E-state index contributed by atoms with van der Waals surface area (Å²) in [6.07, 6.45) is 1.46. The highest BCUT2D eigenvalue weighted by Crippen LogP contribution is 2.22. The van der Waals surface area contributed by atoms with Crippen LogP contribution in [-0.2, 0) is 13.1 Å². The third-order valence-electron chi connectivity index (χ3n) is 2.09. The maximum atomic E-state index is 9.08. The molecule has 0 radical (unpaired) electrons. The summed E-state index contributed by atoms with van der Waals surface area (Å²) in [5.74, 6) is 0.199. The zero-order valence-electron chi connectivity index (χ0n) is 8.48. The molecule has 0 atom stereocenters. The van der Waals surface area contributed by atoms with E-state index in [2.05, 4.69) is 31.6 Å². The minimum absolute atomic E-state index is 0.199. The molecular formula is C11H11BrN2OS. The lowest BCUT2D eigenvalue weighted by molar-refractivity contribution is 0.471. The standard InChI is InChI=1S/C11H11BrN2OS/c12-10-3-4-16-11(10)7-13-5-8-1-2-9(15)6-14-8/h1-4,6,13,15H,5,7H2. The van der Waals surface area contributed by atoms with Gasteiger partial charge < -0.3 is 10.4 Å². The molecule has 0 aliphatic carbocycles. The Bertz CT molecular complexity index is 455. The third kappa shape index (κ3) is 3.04. The van der Waals surface area contributed by atoms with Gasteiger partial charge in [0.2, 0.25) is 0 Å². The Morgan fingerprint density at radius 1 is 1.31 bits per heavy atom. The minimum Gasteiger partial charge on any atom is -0.506 e. The Labute approximate surface area is 106 Å². The number of hydrogen-bond acceptors (Lipinski definition) is 4. The second-order valence-corrected chi connectivity index (χ2v) is 5.16. The molecule has 2 heterocycles. The van der Waals surface area contributed by atoms with E-state index in [1.54, 1.807) is 17.4 Å². The first kappa shape index (κ1) is 11.6. The van der Waals surface area contributed by atoms with Gasteiger partial charge >= 0.3 is 0 Å². The van der Waals surface area contributed by atoms with E-state index in [1.165, 1.54) is 11.1 Å². The first-order valence-corrected chi connectivity index (χ1v) is 6.49. The molecule has 2 aromatic heterocycles. The predicted molar refractivity (Wildman–Crippen MR) is 68.5 cm³/mol. The lowest BCUT2D eigenvalue weighted by Gasteiger charge is -2.03. The summed E-state index contributed by atoms with van der Waals surface area (Å²) < 4.78 is 1.14. The first-order chi connectivity index (χ1) is 7.75. The number of thiophene rings is 1. The fourth-order valence-electron chi connectivity index (χ4n) is 1.28. The van der Waals surface area contributed by atoms with Gasteiger partial charge in [-0.05, 0) is 39.5 Å². The van der Waals surface area contributed by atoms with E-state index in [4.69, 9.17) is 5.11 Å². The summed E-state index contributed by atoms with van der Waals surface area (Å²) in [6, 6.07) is 5.50. The van der Waals surface area contributed by atoms with Gasteiger partial charge in [-0.1, -0.05) is 0 Å². The number of nitrogens with zero attached hydrogens (tertiary/aromatic N) is 1. The van der Waals surface area contributed by atoms with Crippen molar-refractivity contribution in [2.75, 3.05) is 0 Å². The highest BCUT2D eigenvalue weighted by atomic mass is 79.9. The first-order valence-electron chi connectivity index (χ1n) is 4.82. The van der Waals surface area contributed by atoms with Crippen molar-refractivity contribution in [2.45, 2.75) is 13.1 Å². The number of aromatic nitrogens is 1. The number of halogens is 1. The van der Waals surface area contributed by atoms with E-state index in [-0.39, 0.29) is 5.75 Å². The van der Waals surface area contributed by atoms with Gasteiger partial charge in [0.15, 0.2) is 0 Å². The highest BCUT2D eigenvalue weighted by Gasteiger charge is 2.00. The van der Waals surface area contributed by atoms with Gasteiger partial charge in [0, 0.05) is 22.4 Å². The second kappa shape index (κ2) is 5.43. The zero-order valence-corrected chi connectivity index (χ0v) is 10.9. The Balaban J connectivity index is 1.84. The van der Waals surface area contributed by atoms with Crippen LogP contribution in [-0.4, -0.2) is 10.1 Å². The maximum Gasteiger partial charge on any atom is 0.133 e. The molecule has 0 unspecified atom stereocenters.